The summed E-state index contributed by atoms with van der Waals surface area (Å²) in [5, 5.41) is 17.3. The topological polar surface area (TPSA) is 64.2 Å². The minimum atomic E-state index is -0.384. The van der Waals surface area contributed by atoms with Crippen LogP contribution in [0.15, 0.2) is 66.1 Å². The van der Waals surface area contributed by atoms with Crippen molar-refractivity contribution in [1.82, 2.24) is 10.6 Å². The van der Waals surface area contributed by atoms with Gasteiger partial charge in [0, 0.05) is 6.54 Å². The summed E-state index contributed by atoms with van der Waals surface area (Å²) in [6.45, 7) is 0.710. The van der Waals surface area contributed by atoms with Crippen molar-refractivity contribution in [3.05, 3.63) is 66.1 Å². The van der Waals surface area contributed by atoms with E-state index < -0.39 is 0 Å². The number of allylic oxidation sites excluding steroid dienone is 5. The summed E-state index contributed by atoms with van der Waals surface area (Å²) in [5.74, 6) is -0.246. The van der Waals surface area contributed by atoms with E-state index >= 15 is 0 Å². The van der Waals surface area contributed by atoms with Gasteiger partial charge in [0.25, 0.3) is 0 Å². The van der Waals surface area contributed by atoms with Gasteiger partial charge in [-0.2, -0.15) is 18.2 Å². The van der Waals surface area contributed by atoms with Crippen LogP contribution in [0.25, 0.3) is 0 Å². The summed E-state index contributed by atoms with van der Waals surface area (Å²) >= 11 is 0. The normalized spacial score (nSPS) is 19.4. The molecule has 1 aliphatic heterocycles. The van der Waals surface area contributed by atoms with E-state index in [0.29, 0.717) is 12.1 Å². The standard InChI is InChI=1S/C12H16N2O2.C5H5.Fe/c15-11(9-5-1-2-6-9)14-10-7-3-4-8-13-12(10)16;1-2-4-5-3-1;/h1-2,5-6,10,14-15H,3-4,7-8H2,(H,13,16);1-5H;/q;-1;+2/p-1. The maximum absolute atomic E-state index is 11.7. The van der Waals surface area contributed by atoms with Crippen molar-refractivity contribution in [2.24, 2.45) is 0 Å². The Morgan fingerprint density at radius 3 is 2.50 bits per heavy atom. The number of hydrogen-bond donors (Lipinski definition) is 2. The van der Waals surface area contributed by atoms with Gasteiger partial charge in [0.2, 0.25) is 5.91 Å². The Labute approximate surface area is 141 Å². The Hall–Kier alpha value is -1.84. The van der Waals surface area contributed by atoms with Gasteiger partial charge < -0.3 is 15.7 Å². The van der Waals surface area contributed by atoms with Crippen LogP contribution in [0, 0.1) is 0 Å². The third-order valence-electron chi connectivity index (χ3n) is 3.32. The van der Waals surface area contributed by atoms with Crippen LogP contribution >= 0.6 is 0 Å². The third kappa shape index (κ3) is 5.88. The molecule has 1 saturated heterocycles. The van der Waals surface area contributed by atoms with Gasteiger partial charge in [-0.1, -0.05) is 24.3 Å². The molecule has 22 heavy (non-hydrogen) atoms. The molecule has 1 unspecified atom stereocenters. The zero-order valence-corrected chi connectivity index (χ0v) is 13.4. The molecule has 2 aliphatic rings. The Bertz CT molecular complexity index is 502. The third-order valence-corrected chi connectivity index (χ3v) is 3.32. The molecule has 3 rings (SSSR count). The molecule has 0 spiro atoms. The molecule has 1 aliphatic carbocycles. The predicted molar refractivity (Wildman–Crippen MR) is 81.1 cm³/mol. The zero-order valence-electron chi connectivity index (χ0n) is 12.3. The largest absolute Gasteiger partial charge is 2.00 e. The fourth-order valence-electron chi connectivity index (χ4n) is 2.16. The van der Waals surface area contributed by atoms with Crippen LogP contribution in [0.3, 0.4) is 0 Å². The van der Waals surface area contributed by atoms with Crippen molar-refractivity contribution in [3.8, 4) is 0 Å². The zero-order chi connectivity index (χ0) is 14.9. The molecular weight excluding hydrogens is 320 g/mol. The van der Waals surface area contributed by atoms with Crippen LogP contribution in [0.1, 0.15) is 19.3 Å². The van der Waals surface area contributed by atoms with Crippen LogP contribution in [0.2, 0.25) is 0 Å². The van der Waals surface area contributed by atoms with Gasteiger partial charge in [-0.15, -0.1) is 0 Å². The van der Waals surface area contributed by atoms with Crippen molar-refractivity contribution in [2.45, 2.75) is 25.3 Å². The van der Waals surface area contributed by atoms with E-state index in [4.69, 9.17) is 0 Å². The molecule has 2 N–H and O–H groups in total. The fraction of sp³-hybridized carbons (Fsp3) is 0.294. The molecule has 0 aromatic heterocycles. The van der Waals surface area contributed by atoms with E-state index in [0.717, 1.165) is 19.3 Å². The molecule has 0 bridgehead atoms. The summed E-state index contributed by atoms with van der Waals surface area (Å²) < 4.78 is 0. The number of carbonyl (C=O) groups excluding carboxylic acids is 1. The maximum Gasteiger partial charge on any atom is 2.00 e. The van der Waals surface area contributed by atoms with Crippen molar-refractivity contribution >= 4 is 5.91 Å². The fourth-order valence-corrected chi connectivity index (χ4v) is 2.16. The molecule has 1 heterocycles. The second-order valence-electron chi connectivity index (χ2n) is 4.95. The van der Waals surface area contributed by atoms with Crippen molar-refractivity contribution in [1.29, 1.82) is 0 Å². The van der Waals surface area contributed by atoms with Gasteiger partial charge in [0.1, 0.15) is 6.04 Å². The van der Waals surface area contributed by atoms with Gasteiger partial charge in [-0.25, -0.2) is 12.1 Å². The second-order valence-corrected chi connectivity index (χ2v) is 4.95. The SMILES string of the molecule is O=C1NCCCCC1NC([O-])=C1C=CC=C1.[Fe+2].c1cc[cH-]c1. The number of amides is 1. The summed E-state index contributed by atoms with van der Waals surface area (Å²) in [6.07, 6.45) is 9.76. The molecule has 0 saturated carbocycles. The molecule has 0 radical (unpaired) electrons. The number of rotatable bonds is 2. The molecule has 118 valence electrons. The van der Waals surface area contributed by atoms with E-state index in [-0.39, 0.29) is 34.9 Å². The Morgan fingerprint density at radius 1 is 1.23 bits per heavy atom. The van der Waals surface area contributed by atoms with Gasteiger partial charge in [-0.05, 0) is 30.7 Å². The molecular formula is C17H20FeN2O2. The monoisotopic (exact) mass is 340 g/mol. The molecule has 1 fully saturated rings. The van der Waals surface area contributed by atoms with Crippen LogP contribution < -0.4 is 15.7 Å². The quantitative estimate of drug-likeness (QED) is 0.485. The molecule has 5 heteroatoms. The smallest absolute Gasteiger partial charge is 0.860 e. The van der Waals surface area contributed by atoms with Crippen LogP contribution in [-0.4, -0.2) is 18.5 Å². The maximum atomic E-state index is 11.7. The summed E-state index contributed by atoms with van der Waals surface area (Å²) in [7, 11) is 0. The van der Waals surface area contributed by atoms with Gasteiger partial charge in [-0.3, -0.25) is 4.79 Å². The van der Waals surface area contributed by atoms with Crippen molar-refractivity contribution in [2.75, 3.05) is 6.54 Å². The van der Waals surface area contributed by atoms with Gasteiger partial charge in [0.15, 0.2) is 0 Å². The average molecular weight is 340 g/mol. The van der Waals surface area contributed by atoms with Crippen LogP contribution in [0.5, 0.6) is 0 Å². The number of hydrogen-bond acceptors (Lipinski definition) is 3. The Balaban J connectivity index is 0.000000344. The predicted octanol–water partition coefficient (Wildman–Crippen LogP) is 1.35. The summed E-state index contributed by atoms with van der Waals surface area (Å²) in [5.41, 5.74) is 0.608. The van der Waals surface area contributed by atoms with E-state index in [1.165, 1.54) is 0 Å². The molecule has 1 aromatic rings. The van der Waals surface area contributed by atoms with E-state index in [1.54, 1.807) is 12.2 Å². The molecule has 1 atom stereocenters. The van der Waals surface area contributed by atoms with E-state index in [9.17, 15) is 9.90 Å². The van der Waals surface area contributed by atoms with E-state index in [2.05, 4.69) is 10.6 Å². The number of nitrogens with one attached hydrogen (secondary N) is 2. The van der Waals surface area contributed by atoms with E-state index in [1.807, 2.05) is 42.5 Å². The minimum Gasteiger partial charge on any atom is -0.860 e. The first-order valence-electron chi connectivity index (χ1n) is 7.24. The van der Waals surface area contributed by atoms with Crippen molar-refractivity contribution in [3.63, 3.8) is 0 Å². The van der Waals surface area contributed by atoms with Gasteiger partial charge >= 0.3 is 17.1 Å². The minimum absolute atomic E-state index is 0. The molecule has 4 nitrogen and oxygen atoms in total. The first-order chi connectivity index (χ1) is 10.3. The summed E-state index contributed by atoms with van der Waals surface area (Å²) in [4.78, 5) is 11.6. The number of carbonyl (C=O) groups is 1. The van der Waals surface area contributed by atoms with Crippen LogP contribution in [-0.2, 0) is 21.9 Å². The second kappa shape index (κ2) is 9.98. The average Bonchev–Trinajstić information content (AvgIpc) is 3.18. The summed E-state index contributed by atoms with van der Waals surface area (Å²) in [6, 6.07) is 9.62. The van der Waals surface area contributed by atoms with Gasteiger partial charge in [0.05, 0.1) is 0 Å². The first-order valence-corrected chi connectivity index (χ1v) is 7.24. The molecule has 1 aromatic carbocycles. The van der Waals surface area contributed by atoms with Crippen LogP contribution in [0.4, 0.5) is 0 Å². The molecule has 1 amide bonds. The Morgan fingerprint density at radius 2 is 1.91 bits per heavy atom. The first kappa shape index (κ1) is 18.2. The Kier molecular flexibility index (Phi) is 8.26. The van der Waals surface area contributed by atoms with Crippen molar-refractivity contribution < 1.29 is 27.0 Å².